The number of aliphatic carboxylic acids is 1. The summed E-state index contributed by atoms with van der Waals surface area (Å²) < 4.78 is 13.3. The van der Waals surface area contributed by atoms with Gasteiger partial charge in [-0.25, -0.2) is 9.18 Å². The Balaban J connectivity index is 2.22. The van der Waals surface area contributed by atoms with Gasteiger partial charge in [0.05, 0.1) is 5.92 Å². The van der Waals surface area contributed by atoms with E-state index in [0.717, 1.165) is 6.07 Å². The number of hydrogen-bond donors (Lipinski definition) is 3. The Morgan fingerprint density at radius 1 is 1.43 bits per heavy atom. The third-order valence-corrected chi connectivity index (χ3v) is 3.69. The first-order valence-corrected chi connectivity index (χ1v) is 7.40. The predicted octanol–water partition coefficient (Wildman–Crippen LogP) is 1.87. The molecule has 23 heavy (non-hydrogen) atoms. The summed E-state index contributed by atoms with van der Waals surface area (Å²) in [7, 11) is 0. The van der Waals surface area contributed by atoms with Gasteiger partial charge in [0.1, 0.15) is 11.9 Å². The topological polar surface area (TPSA) is 95.5 Å². The molecule has 1 unspecified atom stereocenters. The number of nitrogens with one attached hydrogen (secondary N) is 2. The van der Waals surface area contributed by atoms with E-state index in [1.54, 1.807) is 0 Å². The van der Waals surface area contributed by atoms with E-state index in [0.29, 0.717) is 5.56 Å². The van der Waals surface area contributed by atoms with Gasteiger partial charge in [-0.05, 0) is 30.0 Å². The molecule has 0 fully saturated rings. The van der Waals surface area contributed by atoms with Gasteiger partial charge in [0.25, 0.3) is 0 Å². The number of carbonyl (C=O) groups excluding carboxylic acids is 2. The highest BCUT2D eigenvalue weighted by atomic mass is 19.1. The van der Waals surface area contributed by atoms with Crippen LogP contribution in [0.3, 0.4) is 0 Å². The molecule has 2 rings (SSSR count). The number of anilines is 1. The van der Waals surface area contributed by atoms with Crippen molar-refractivity contribution in [2.24, 2.45) is 5.92 Å². The summed E-state index contributed by atoms with van der Waals surface area (Å²) in [4.78, 5) is 35.4. The average molecular weight is 322 g/mol. The van der Waals surface area contributed by atoms with Gasteiger partial charge in [-0.15, -0.1) is 0 Å². The SMILES string of the molecule is CC(C)C[C@H](NC(=O)C1CC(=O)Nc2cc(F)ccc21)C(=O)O. The molecular weight excluding hydrogens is 303 g/mol. The molecule has 1 heterocycles. The molecular formula is C16H19FN2O4. The Labute approximate surface area is 133 Å². The van der Waals surface area contributed by atoms with Gasteiger partial charge >= 0.3 is 5.97 Å². The fourth-order valence-corrected chi connectivity index (χ4v) is 2.64. The van der Waals surface area contributed by atoms with Crippen LogP contribution in [0.15, 0.2) is 18.2 Å². The number of hydrogen-bond acceptors (Lipinski definition) is 3. The van der Waals surface area contributed by atoms with Crippen molar-refractivity contribution in [1.29, 1.82) is 0 Å². The van der Waals surface area contributed by atoms with E-state index in [-0.39, 0.29) is 24.4 Å². The van der Waals surface area contributed by atoms with Crippen molar-refractivity contribution in [2.45, 2.75) is 38.6 Å². The van der Waals surface area contributed by atoms with Crippen molar-refractivity contribution in [1.82, 2.24) is 5.32 Å². The quantitative estimate of drug-likeness (QED) is 0.771. The first-order valence-electron chi connectivity index (χ1n) is 7.40. The molecule has 0 radical (unpaired) electrons. The van der Waals surface area contributed by atoms with Crippen molar-refractivity contribution >= 4 is 23.5 Å². The van der Waals surface area contributed by atoms with E-state index in [1.807, 2.05) is 13.8 Å². The molecule has 2 amide bonds. The lowest BCUT2D eigenvalue weighted by Crippen LogP contribution is -2.45. The van der Waals surface area contributed by atoms with Crippen molar-refractivity contribution < 1.29 is 23.9 Å². The highest BCUT2D eigenvalue weighted by Gasteiger charge is 2.33. The van der Waals surface area contributed by atoms with Gasteiger partial charge < -0.3 is 15.7 Å². The van der Waals surface area contributed by atoms with Crippen LogP contribution in [0.1, 0.15) is 38.2 Å². The zero-order chi connectivity index (χ0) is 17.1. The highest BCUT2D eigenvalue weighted by Crippen LogP contribution is 2.33. The molecule has 0 bridgehead atoms. The van der Waals surface area contributed by atoms with Crippen LogP contribution in [0, 0.1) is 11.7 Å². The molecule has 1 aromatic carbocycles. The maximum absolute atomic E-state index is 13.3. The Hall–Kier alpha value is -2.44. The summed E-state index contributed by atoms with van der Waals surface area (Å²) in [6.45, 7) is 3.71. The molecule has 0 saturated carbocycles. The van der Waals surface area contributed by atoms with Gasteiger partial charge in [-0.1, -0.05) is 19.9 Å². The van der Waals surface area contributed by atoms with Crippen LogP contribution in [0.5, 0.6) is 0 Å². The Kier molecular flexibility index (Phi) is 4.98. The van der Waals surface area contributed by atoms with E-state index in [4.69, 9.17) is 0 Å². The van der Waals surface area contributed by atoms with Crippen LogP contribution in [0.4, 0.5) is 10.1 Å². The summed E-state index contributed by atoms with van der Waals surface area (Å²) in [5.41, 5.74) is 0.731. The molecule has 1 aliphatic rings. The number of carboxylic acids is 1. The number of halogens is 1. The van der Waals surface area contributed by atoms with Crippen LogP contribution in [0.25, 0.3) is 0 Å². The van der Waals surface area contributed by atoms with Crippen LogP contribution < -0.4 is 10.6 Å². The molecule has 124 valence electrons. The monoisotopic (exact) mass is 322 g/mol. The molecule has 6 nitrogen and oxygen atoms in total. The number of carboxylic acid groups (broad SMARTS) is 1. The van der Waals surface area contributed by atoms with Crippen molar-refractivity contribution in [2.75, 3.05) is 5.32 Å². The lowest BCUT2D eigenvalue weighted by atomic mass is 9.89. The Bertz CT molecular complexity index is 645. The van der Waals surface area contributed by atoms with Gasteiger partial charge in [-0.2, -0.15) is 0 Å². The van der Waals surface area contributed by atoms with Crippen LogP contribution in [0.2, 0.25) is 0 Å². The molecule has 0 aromatic heterocycles. The molecule has 0 saturated heterocycles. The molecule has 2 atom stereocenters. The second kappa shape index (κ2) is 6.76. The predicted molar refractivity (Wildman–Crippen MR) is 81.4 cm³/mol. The Morgan fingerprint density at radius 2 is 2.13 bits per heavy atom. The summed E-state index contributed by atoms with van der Waals surface area (Å²) in [6, 6.07) is 2.78. The zero-order valence-electron chi connectivity index (χ0n) is 12.9. The minimum Gasteiger partial charge on any atom is -0.480 e. The van der Waals surface area contributed by atoms with E-state index < -0.39 is 35.6 Å². The lowest BCUT2D eigenvalue weighted by molar-refractivity contribution is -0.142. The van der Waals surface area contributed by atoms with Crippen LogP contribution in [-0.2, 0) is 14.4 Å². The fourth-order valence-electron chi connectivity index (χ4n) is 2.64. The lowest BCUT2D eigenvalue weighted by Gasteiger charge is -2.26. The molecule has 0 spiro atoms. The fraction of sp³-hybridized carbons (Fsp3) is 0.438. The third kappa shape index (κ3) is 4.06. The van der Waals surface area contributed by atoms with E-state index >= 15 is 0 Å². The first-order chi connectivity index (χ1) is 10.8. The second-order valence-electron chi connectivity index (χ2n) is 6.07. The molecule has 0 aliphatic carbocycles. The largest absolute Gasteiger partial charge is 0.480 e. The smallest absolute Gasteiger partial charge is 0.326 e. The maximum Gasteiger partial charge on any atom is 0.326 e. The summed E-state index contributed by atoms with van der Waals surface area (Å²) in [5.74, 6) is -3.32. The van der Waals surface area contributed by atoms with Gasteiger partial charge in [-0.3, -0.25) is 9.59 Å². The van der Waals surface area contributed by atoms with E-state index in [1.165, 1.54) is 12.1 Å². The minimum atomic E-state index is -1.12. The highest BCUT2D eigenvalue weighted by molar-refractivity contribution is 6.01. The van der Waals surface area contributed by atoms with E-state index in [2.05, 4.69) is 10.6 Å². The Morgan fingerprint density at radius 3 is 2.74 bits per heavy atom. The van der Waals surface area contributed by atoms with Crippen molar-refractivity contribution in [3.05, 3.63) is 29.6 Å². The zero-order valence-corrected chi connectivity index (χ0v) is 12.9. The standard InChI is InChI=1S/C16H19FN2O4/c1-8(2)5-13(16(22)23)19-15(21)11-7-14(20)18-12-6-9(17)3-4-10(11)12/h3-4,6,8,11,13H,5,7H2,1-2H3,(H,18,20)(H,19,21)(H,22,23)/t11?,13-/m0/s1. The number of amides is 2. The van der Waals surface area contributed by atoms with Gasteiger partial charge in [0.15, 0.2) is 0 Å². The summed E-state index contributed by atoms with van der Waals surface area (Å²) in [5, 5.41) is 14.2. The second-order valence-corrected chi connectivity index (χ2v) is 6.07. The minimum absolute atomic E-state index is 0.0902. The van der Waals surface area contributed by atoms with Crippen LogP contribution in [-0.4, -0.2) is 28.9 Å². The number of rotatable bonds is 5. The van der Waals surface area contributed by atoms with Gasteiger partial charge in [0.2, 0.25) is 11.8 Å². The number of benzene rings is 1. The molecule has 1 aliphatic heterocycles. The number of fused-ring (bicyclic) bond motifs is 1. The van der Waals surface area contributed by atoms with E-state index in [9.17, 15) is 23.9 Å². The van der Waals surface area contributed by atoms with Crippen molar-refractivity contribution in [3.63, 3.8) is 0 Å². The number of carbonyl (C=O) groups is 3. The van der Waals surface area contributed by atoms with Crippen molar-refractivity contribution in [3.8, 4) is 0 Å². The summed E-state index contributed by atoms with van der Waals surface area (Å²) >= 11 is 0. The summed E-state index contributed by atoms with van der Waals surface area (Å²) in [6.07, 6.45) is 0.189. The molecule has 3 N–H and O–H groups in total. The van der Waals surface area contributed by atoms with Crippen LogP contribution >= 0.6 is 0 Å². The first kappa shape index (κ1) is 16.9. The normalized spacial score (nSPS) is 18.1. The average Bonchev–Trinajstić information content (AvgIpc) is 2.44. The molecule has 1 aromatic rings. The molecule has 7 heteroatoms. The maximum atomic E-state index is 13.3. The van der Waals surface area contributed by atoms with Gasteiger partial charge in [0, 0.05) is 12.1 Å². The third-order valence-electron chi connectivity index (χ3n) is 3.69.